The molecule has 0 aliphatic rings. The molecule has 0 saturated heterocycles. The maximum atomic E-state index is 13.2. The Labute approximate surface area is 127 Å². The molecule has 5 heteroatoms. The zero-order valence-electron chi connectivity index (χ0n) is 12.4. The number of rotatable bonds is 5. The third-order valence-electron chi connectivity index (χ3n) is 3.26. The molecule has 0 aliphatic heterocycles. The van der Waals surface area contributed by atoms with Crippen molar-refractivity contribution in [3.05, 3.63) is 52.8 Å². The molecular weight excluding hydrogens is 287 g/mol. The summed E-state index contributed by atoms with van der Waals surface area (Å²) < 4.78 is 18.5. The zero-order chi connectivity index (χ0) is 16.3. The van der Waals surface area contributed by atoms with E-state index < -0.39 is 11.6 Å². The van der Waals surface area contributed by atoms with Gasteiger partial charge in [-0.05, 0) is 42.7 Å². The van der Waals surface area contributed by atoms with Gasteiger partial charge in [-0.15, -0.1) is 0 Å². The van der Waals surface area contributed by atoms with Crippen LogP contribution in [0, 0.1) is 12.7 Å². The van der Waals surface area contributed by atoms with Crippen molar-refractivity contribution in [3.8, 4) is 17.2 Å². The van der Waals surface area contributed by atoms with Crippen LogP contribution in [-0.2, 0) is 6.42 Å². The van der Waals surface area contributed by atoms with E-state index in [1.54, 1.807) is 13.0 Å². The minimum atomic E-state index is -0.450. The predicted octanol–water partition coefficient (Wildman–Crippen LogP) is 3.37. The monoisotopic (exact) mass is 304 g/mol. The lowest BCUT2D eigenvalue weighted by Crippen LogP contribution is -2.12. The van der Waals surface area contributed by atoms with E-state index >= 15 is 0 Å². The number of carbonyl (C=O) groups excluding carboxylic acids is 1. The van der Waals surface area contributed by atoms with E-state index in [1.807, 2.05) is 6.92 Å². The summed E-state index contributed by atoms with van der Waals surface area (Å²) in [4.78, 5) is 12.1. The van der Waals surface area contributed by atoms with Crippen molar-refractivity contribution in [2.24, 2.45) is 0 Å². The Balaban J connectivity index is 2.15. The average Bonchev–Trinajstić information content (AvgIpc) is 2.44. The van der Waals surface area contributed by atoms with E-state index in [2.05, 4.69) is 0 Å². The Morgan fingerprint density at radius 1 is 1.14 bits per heavy atom. The molecule has 0 bridgehead atoms. The summed E-state index contributed by atoms with van der Waals surface area (Å²) in [6.45, 7) is 3.22. The Morgan fingerprint density at radius 2 is 1.86 bits per heavy atom. The Hall–Kier alpha value is -2.56. The third-order valence-corrected chi connectivity index (χ3v) is 3.26. The number of Topliss-reactive ketones (excluding diaryl/α,β-unsaturated/α-hetero) is 1. The van der Waals surface area contributed by atoms with Crippen molar-refractivity contribution in [1.29, 1.82) is 0 Å². The molecule has 0 spiro atoms. The molecule has 2 aromatic rings. The van der Waals surface area contributed by atoms with Crippen LogP contribution in [0.3, 0.4) is 0 Å². The van der Waals surface area contributed by atoms with E-state index in [0.717, 1.165) is 6.07 Å². The average molecular weight is 304 g/mol. The summed E-state index contributed by atoms with van der Waals surface area (Å²) >= 11 is 0. The van der Waals surface area contributed by atoms with Gasteiger partial charge in [-0.2, -0.15) is 0 Å². The highest BCUT2D eigenvalue weighted by molar-refractivity contribution is 6.00. The van der Waals surface area contributed by atoms with E-state index in [1.165, 1.54) is 18.2 Å². The van der Waals surface area contributed by atoms with Gasteiger partial charge in [0.15, 0.2) is 6.61 Å². The molecular formula is C17H17FO4. The van der Waals surface area contributed by atoms with Crippen LogP contribution < -0.4 is 4.74 Å². The fraction of sp³-hybridized carbons (Fsp3) is 0.235. The van der Waals surface area contributed by atoms with E-state index in [9.17, 15) is 19.4 Å². The summed E-state index contributed by atoms with van der Waals surface area (Å²) in [5.41, 5.74) is 1.31. The number of hydrogen-bond donors (Lipinski definition) is 2. The number of benzene rings is 2. The fourth-order valence-corrected chi connectivity index (χ4v) is 2.14. The summed E-state index contributed by atoms with van der Waals surface area (Å²) in [6, 6.07) is 6.73. The number of hydrogen-bond acceptors (Lipinski definition) is 4. The zero-order valence-corrected chi connectivity index (χ0v) is 12.4. The second-order valence-electron chi connectivity index (χ2n) is 5.03. The molecule has 116 valence electrons. The number of carbonyl (C=O) groups is 1. The van der Waals surface area contributed by atoms with Gasteiger partial charge in [-0.25, -0.2) is 4.39 Å². The number of phenolic OH excluding ortho intramolecular Hbond substituents is 2. The van der Waals surface area contributed by atoms with E-state index in [0.29, 0.717) is 17.5 Å². The van der Waals surface area contributed by atoms with Crippen molar-refractivity contribution in [1.82, 2.24) is 0 Å². The maximum Gasteiger partial charge on any atom is 0.203 e. The maximum absolute atomic E-state index is 13.2. The lowest BCUT2D eigenvalue weighted by atomic mass is 10.0. The molecule has 22 heavy (non-hydrogen) atoms. The largest absolute Gasteiger partial charge is 0.508 e. The SMILES string of the molecule is CCc1cc(C(=O)COc2cc(C)cc(F)c2)c(O)cc1O. The molecule has 2 aromatic carbocycles. The number of halogens is 1. The van der Waals surface area contributed by atoms with Crippen molar-refractivity contribution < 1.29 is 24.1 Å². The van der Waals surface area contributed by atoms with Crippen LogP contribution in [0.25, 0.3) is 0 Å². The number of aromatic hydroxyl groups is 2. The number of phenols is 2. The Bertz CT molecular complexity index is 690. The van der Waals surface area contributed by atoms with Crippen molar-refractivity contribution in [3.63, 3.8) is 0 Å². The molecule has 2 rings (SSSR count). The van der Waals surface area contributed by atoms with E-state index in [-0.39, 0.29) is 29.4 Å². The van der Waals surface area contributed by atoms with Gasteiger partial charge >= 0.3 is 0 Å². The van der Waals surface area contributed by atoms with Crippen LogP contribution >= 0.6 is 0 Å². The first kappa shape index (κ1) is 15.8. The second-order valence-corrected chi connectivity index (χ2v) is 5.03. The van der Waals surface area contributed by atoms with Gasteiger partial charge in [0, 0.05) is 12.1 Å². The van der Waals surface area contributed by atoms with Crippen LogP contribution in [-0.4, -0.2) is 22.6 Å². The first-order chi connectivity index (χ1) is 10.4. The number of aryl methyl sites for hydroxylation is 2. The first-order valence-electron chi connectivity index (χ1n) is 6.88. The van der Waals surface area contributed by atoms with Crippen LogP contribution in [0.4, 0.5) is 4.39 Å². The molecule has 0 unspecified atom stereocenters. The van der Waals surface area contributed by atoms with Crippen LogP contribution in [0.2, 0.25) is 0 Å². The third kappa shape index (κ3) is 3.55. The molecule has 0 fully saturated rings. The van der Waals surface area contributed by atoms with Crippen LogP contribution in [0.15, 0.2) is 30.3 Å². The Morgan fingerprint density at radius 3 is 2.50 bits per heavy atom. The quantitative estimate of drug-likeness (QED) is 0.831. The number of ketones is 1. The van der Waals surface area contributed by atoms with Crippen molar-refractivity contribution in [2.45, 2.75) is 20.3 Å². The minimum Gasteiger partial charge on any atom is -0.508 e. The molecule has 0 aliphatic carbocycles. The summed E-state index contributed by atoms with van der Waals surface area (Å²) in [5, 5.41) is 19.4. The molecule has 0 atom stereocenters. The van der Waals surface area contributed by atoms with Crippen LogP contribution in [0.1, 0.15) is 28.4 Å². The first-order valence-corrected chi connectivity index (χ1v) is 6.88. The predicted molar refractivity (Wildman–Crippen MR) is 80.1 cm³/mol. The smallest absolute Gasteiger partial charge is 0.203 e. The lowest BCUT2D eigenvalue weighted by Gasteiger charge is -2.10. The van der Waals surface area contributed by atoms with Crippen LogP contribution in [0.5, 0.6) is 17.2 Å². The van der Waals surface area contributed by atoms with Gasteiger partial charge in [0.1, 0.15) is 23.1 Å². The number of ether oxygens (including phenoxy) is 1. The van der Waals surface area contributed by atoms with Gasteiger partial charge in [0.2, 0.25) is 5.78 Å². The normalized spacial score (nSPS) is 10.5. The molecule has 0 aromatic heterocycles. The second kappa shape index (κ2) is 6.47. The van der Waals surface area contributed by atoms with Gasteiger partial charge < -0.3 is 14.9 Å². The van der Waals surface area contributed by atoms with Gasteiger partial charge in [-0.3, -0.25) is 4.79 Å². The minimum absolute atomic E-state index is 0.0572. The van der Waals surface area contributed by atoms with Gasteiger partial charge in [0.25, 0.3) is 0 Å². The summed E-state index contributed by atoms with van der Waals surface area (Å²) in [7, 11) is 0. The molecule has 4 nitrogen and oxygen atoms in total. The van der Waals surface area contributed by atoms with Crippen molar-refractivity contribution >= 4 is 5.78 Å². The molecule has 0 radical (unpaired) electrons. The van der Waals surface area contributed by atoms with Crippen molar-refractivity contribution in [2.75, 3.05) is 6.61 Å². The highest BCUT2D eigenvalue weighted by Crippen LogP contribution is 2.28. The summed E-state index contributed by atoms with van der Waals surface area (Å²) in [5.74, 6) is -1.01. The molecule has 0 amide bonds. The summed E-state index contributed by atoms with van der Waals surface area (Å²) in [6.07, 6.45) is 0.524. The molecule has 0 heterocycles. The van der Waals surface area contributed by atoms with Gasteiger partial charge in [-0.1, -0.05) is 6.92 Å². The topological polar surface area (TPSA) is 66.8 Å². The molecule has 0 saturated carbocycles. The lowest BCUT2D eigenvalue weighted by molar-refractivity contribution is 0.0918. The van der Waals surface area contributed by atoms with E-state index in [4.69, 9.17) is 4.74 Å². The standard InChI is InChI=1S/C17H17FO4/c1-3-11-6-14(16(20)8-15(11)19)17(21)9-22-13-5-10(2)4-12(18)7-13/h4-8,19-20H,3,9H2,1-2H3. The fourth-order valence-electron chi connectivity index (χ4n) is 2.14. The van der Waals surface area contributed by atoms with Gasteiger partial charge in [0.05, 0.1) is 5.56 Å². The highest BCUT2D eigenvalue weighted by atomic mass is 19.1. The molecule has 2 N–H and O–H groups in total. The Kier molecular flexibility index (Phi) is 4.65. The highest BCUT2D eigenvalue weighted by Gasteiger charge is 2.15.